The van der Waals surface area contributed by atoms with E-state index in [1.165, 1.54) is 33.2 Å². The molecule has 2 heteroatoms. The summed E-state index contributed by atoms with van der Waals surface area (Å²) in [4.78, 5) is 0. The molecule has 3 aromatic rings. The zero-order valence-electron chi connectivity index (χ0n) is 12.1. The lowest BCUT2D eigenvalue weighted by atomic mass is 10.0. The smallest absolute Gasteiger partial charge is 0.0483 e. The van der Waals surface area contributed by atoms with Gasteiger partial charge in [-0.15, -0.1) is 0 Å². The quantitative estimate of drug-likeness (QED) is 0.767. The third-order valence-corrected chi connectivity index (χ3v) is 3.91. The normalized spacial score (nSPS) is 11.2. The largest absolute Gasteiger partial charge is 0.343 e. The van der Waals surface area contributed by atoms with Crippen LogP contribution in [0.15, 0.2) is 48.7 Å². The second kappa shape index (κ2) is 5.14. The number of hydrogen-bond acceptors (Lipinski definition) is 1. The highest BCUT2D eigenvalue weighted by molar-refractivity contribution is 5.80. The summed E-state index contributed by atoms with van der Waals surface area (Å²) in [6, 6.07) is 15.3. The second-order valence-electron chi connectivity index (χ2n) is 5.47. The van der Waals surface area contributed by atoms with E-state index in [2.05, 4.69) is 67.1 Å². The molecule has 1 heterocycles. The summed E-state index contributed by atoms with van der Waals surface area (Å²) in [5, 5.41) is 1.31. The number of aromatic nitrogens is 1. The van der Waals surface area contributed by atoms with Crippen LogP contribution in [0.25, 0.3) is 10.9 Å². The molecule has 2 nitrogen and oxygen atoms in total. The molecule has 3 rings (SSSR count). The van der Waals surface area contributed by atoms with Gasteiger partial charge in [-0.1, -0.05) is 29.8 Å². The van der Waals surface area contributed by atoms with Gasteiger partial charge in [0.05, 0.1) is 0 Å². The van der Waals surface area contributed by atoms with Crippen LogP contribution in [0.4, 0.5) is 0 Å². The minimum Gasteiger partial charge on any atom is -0.343 e. The Morgan fingerprint density at radius 3 is 2.60 bits per heavy atom. The summed E-state index contributed by atoms with van der Waals surface area (Å²) in [6.07, 6.45) is 2.17. The van der Waals surface area contributed by atoms with Crippen molar-refractivity contribution in [2.75, 3.05) is 0 Å². The molecule has 0 aliphatic rings. The van der Waals surface area contributed by atoms with Gasteiger partial charge in [0, 0.05) is 24.8 Å². The van der Waals surface area contributed by atoms with E-state index in [4.69, 9.17) is 5.73 Å². The predicted molar refractivity (Wildman–Crippen MR) is 84.8 cm³/mol. The molecule has 0 aliphatic carbocycles. The highest BCUT2D eigenvalue weighted by Crippen LogP contribution is 2.20. The Bertz CT molecular complexity index is 753. The standard InChI is InChI=1S/C18H20N2/c1-13-3-6-18-16(9-13)7-8-20(18)12-17-5-4-15(11-19)10-14(17)2/h3-10H,11-12,19H2,1-2H3. The van der Waals surface area contributed by atoms with Gasteiger partial charge < -0.3 is 10.3 Å². The number of nitrogens with zero attached hydrogens (tertiary/aromatic N) is 1. The minimum absolute atomic E-state index is 0.604. The van der Waals surface area contributed by atoms with Gasteiger partial charge >= 0.3 is 0 Å². The minimum atomic E-state index is 0.604. The zero-order chi connectivity index (χ0) is 14.1. The third kappa shape index (κ3) is 2.35. The fraction of sp³-hybridized carbons (Fsp3) is 0.222. The Balaban J connectivity index is 1.97. The first-order valence-electron chi connectivity index (χ1n) is 7.01. The Morgan fingerprint density at radius 2 is 1.85 bits per heavy atom. The van der Waals surface area contributed by atoms with E-state index in [0.717, 1.165) is 6.54 Å². The SMILES string of the molecule is Cc1ccc2c(ccn2Cc2ccc(CN)cc2C)c1. The number of benzene rings is 2. The van der Waals surface area contributed by atoms with Crippen LogP contribution in [0.3, 0.4) is 0 Å². The van der Waals surface area contributed by atoms with Gasteiger partial charge in [-0.25, -0.2) is 0 Å². The van der Waals surface area contributed by atoms with Crippen LogP contribution >= 0.6 is 0 Å². The van der Waals surface area contributed by atoms with E-state index in [9.17, 15) is 0 Å². The Hall–Kier alpha value is -2.06. The van der Waals surface area contributed by atoms with Crippen molar-refractivity contribution in [2.45, 2.75) is 26.9 Å². The summed E-state index contributed by atoms with van der Waals surface area (Å²) < 4.78 is 2.30. The molecule has 2 N–H and O–H groups in total. The molecule has 0 radical (unpaired) electrons. The van der Waals surface area contributed by atoms with Gasteiger partial charge in [0.1, 0.15) is 0 Å². The van der Waals surface area contributed by atoms with Crippen molar-refractivity contribution in [1.29, 1.82) is 0 Å². The number of nitrogens with two attached hydrogens (primary N) is 1. The second-order valence-corrected chi connectivity index (χ2v) is 5.47. The van der Waals surface area contributed by atoms with E-state index in [1.54, 1.807) is 0 Å². The van der Waals surface area contributed by atoms with Crippen LogP contribution in [-0.4, -0.2) is 4.57 Å². The van der Waals surface area contributed by atoms with Crippen molar-refractivity contribution in [3.63, 3.8) is 0 Å². The summed E-state index contributed by atoms with van der Waals surface area (Å²) in [5.41, 5.74) is 12.1. The molecule has 0 spiro atoms. The van der Waals surface area contributed by atoms with E-state index < -0.39 is 0 Å². The molecule has 0 fully saturated rings. The molecular weight excluding hydrogens is 244 g/mol. The average molecular weight is 264 g/mol. The van der Waals surface area contributed by atoms with Crippen LogP contribution in [0.5, 0.6) is 0 Å². The van der Waals surface area contributed by atoms with Crippen molar-refractivity contribution >= 4 is 10.9 Å². The average Bonchev–Trinajstić information content (AvgIpc) is 2.83. The summed E-state index contributed by atoms with van der Waals surface area (Å²) in [6.45, 7) is 5.80. The third-order valence-electron chi connectivity index (χ3n) is 3.91. The molecule has 0 amide bonds. The number of aryl methyl sites for hydroxylation is 2. The lowest BCUT2D eigenvalue weighted by Crippen LogP contribution is -2.02. The van der Waals surface area contributed by atoms with Crippen molar-refractivity contribution in [1.82, 2.24) is 4.57 Å². The molecule has 1 aromatic heterocycles. The topological polar surface area (TPSA) is 30.9 Å². The van der Waals surface area contributed by atoms with Crippen molar-refractivity contribution in [2.24, 2.45) is 5.73 Å². The van der Waals surface area contributed by atoms with Gasteiger partial charge in [0.25, 0.3) is 0 Å². The summed E-state index contributed by atoms with van der Waals surface area (Å²) in [7, 11) is 0. The lowest BCUT2D eigenvalue weighted by Gasteiger charge is -2.10. The molecule has 102 valence electrons. The Labute approximate surface area is 119 Å². The summed E-state index contributed by atoms with van der Waals surface area (Å²) >= 11 is 0. The van der Waals surface area contributed by atoms with Crippen LogP contribution < -0.4 is 5.73 Å². The van der Waals surface area contributed by atoms with Crippen molar-refractivity contribution in [3.8, 4) is 0 Å². The van der Waals surface area contributed by atoms with E-state index >= 15 is 0 Å². The van der Waals surface area contributed by atoms with E-state index in [1.807, 2.05) is 0 Å². The van der Waals surface area contributed by atoms with Gasteiger partial charge in [0.15, 0.2) is 0 Å². The fourth-order valence-electron chi connectivity index (χ4n) is 2.70. The van der Waals surface area contributed by atoms with Crippen LogP contribution in [-0.2, 0) is 13.1 Å². The Morgan fingerprint density at radius 1 is 1.00 bits per heavy atom. The predicted octanol–water partition coefficient (Wildman–Crippen LogP) is 3.77. The number of fused-ring (bicyclic) bond motifs is 1. The van der Waals surface area contributed by atoms with E-state index in [0.29, 0.717) is 6.54 Å². The molecule has 0 atom stereocenters. The molecule has 0 unspecified atom stereocenters. The van der Waals surface area contributed by atoms with Crippen molar-refractivity contribution in [3.05, 3.63) is 70.9 Å². The van der Waals surface area contributed by atoms with Gasteiger partial charge in [-0.3, -0.25) is 0 Å². The molecular formula is C18H20N2. The van der Waals surface area contributed by atoms with Crippen molar-refractivity contribution < 1.29 is 0 Å². The molecule has 0 bridgehead atoms. The van der Waals surface area contributed by atoms with Gasteiger partial charge in [-0.2, -0.15) is 0 Å². The lowest BCUT2D eigenvalue weighted by molar-refractivity contribution is 0.829. The number of hydrogen-bond donors (Lipinski definition) is 1. The first-order chi connectivity index (χ1) is 9.67. The van der Waals surface area contributed by atoms with Crippen LogP contribution in [0.2, 0.25) is 0 Å². The molecule has 0 saturated heterocycles. The Kier molecular flexibility index (Phi) is 3.33. The molecule has 2 aromatic carbocycles. The first-order valence-corrected chi connectivity index (χ1v) is 7.01. The maximum absolute atomic E-state index is 5.69. The molecule has 0 aliphatic heterocycles. The fourth-order valence-corrected chi connectivity index (χ4v) is 2.70. The van der Waals surface area contributed by atoms with Crippen LogP contribution in [0, 0.1) is 13.8 Å². The molecule has 20 heavy (non-hydrogen) atoms. The van der Waals surface area contributed by atoms with Crippen LogP contribution in [0.1, 0.15) is 22.3 Å². The van der Waals surface area contributed by atoms with Gasteiger partial charge in [-0.05, 0) is 54.1 Å². The zero-order valence-corrected chi connectivity index (χ0v) is 12.1. The maximum Gasteiger partial charge on any atom is 0.0483 e. The number of rotatable bonds is 3. The maximum atomic E-state index is 5.69. The first kappa shape index (κ1) is 12.9. The molecule has 0 saturated carbocycles. The monoisotopic (exact) mass is 264 g/mol. The van der Waals surface area contributed by atoms with Gasteiger partial charge in [0.2, 0.25) is 0 Å². The highest BCUT2D eigenvalue weighted by Gasteiger charge is 2.04. The van der Waals surface area contributed by atoms with E-state index in [-0.39, 0.29) is 0 Å². The summed E-state index contributed by atoms with van der Waals surface area (Å²) in [5.74, 6) is 0. The highest BCUT2D eigenvalue weighted by atomic mass is 14.9.